The third-order valence-corrected chi connectivity index (χ3v) is 4.47. The first-order chi connectivity index (χ1) is 12.9. The lowest BCUT2D eigenvalue weighted by atomic mass is 10.2. The van der Waals surface area contributed by atoms with E-state index in [4.69, 9.17) is 27.5 Å². The molecule has 2 amide bonds. The van der Waals surface area contributed by atoms with Crippen molar-refractivity contribution in [1.82, 2.24) is 4.90 Å². The van der Waals surface area contributed by atoms with E-state index in [0.29, 0.717) is 17.3 Å². The van der Waals surface area contributed by atoms with Crippen LogP contribution in [0.5, 0.6) is 0 Å². The fraction of sp³-hybridized carbons (Fsp3) is 0.300. The maximum atomic E-state index is 12.8. The molecular weight excluding hydrogens is 364 g/mol. The maximum Gasteiger partial charge on any atom is 0.331 e. The van der Waals surface area contributed by atoms with Gasteiger partial charge in [-0.15, -0.1) is 0 Å². The van der Waals surface area contributed by atoms with Crippen LogP contribution >= 0.6 is 11.6 Å². The van der Waals surface area contributed by atoms with Gasteiger partial charge in [-0.2, -0.15) is 0 Å². The molecule has 0 aliphatic carbocycles. The van der Waals surface area contributed by atoms with E-state index in [0.717, 1.165) is 12.0 Å². The van der Waals surface area contributed by atoms with E-state index >= 15 is 0 Å². The van der Waals surface area contributed by atoms with Gasteiger partial charge in [-0.25, -0.2) is 4.79 Å². The second kappa shape index (κ2) is 9.94. The first-order valence-corrected chi connectivity index (χ1v) is 9.05. The van der Waals surface area contributed by atoms with Gasteiger partial charge >= 0.3 is 6.03 Å². The summed E-state index contributed by atoms with van der Waals surface area (Å²) in [6.45, 7) is 2.88. The predicted octanol–water partition coefficient (Wildman–Crippen LogP) is 3.66. The molecule has 0 bridgehead atoms. The first kappa shape index (κ1) is 20.7. The predicted molar refractivity (Wildman–Crippen MR) is 110 cm³/mol. The quantitative estimate of drug-likeness (QED) is 0.431. The molecule has 0 saturated heterocycles. The SMILES string of the molecule is Cc1cccc(Cl)c1N(C)C(=O)N(CCOCCc1ccccc1)C(=N)N. The summed E-state index contributed by atoms with van der Waals surface area (Å²) in [6.07, 6.45) is 0.785. The molecule has 2 aromatic carbocycles. The molecule has 2 rings (SSSR count). The number of hydrogen-bond acceptors (Lipinski definition) is 3. The highest BCUT2D eigenvalue weighted by Crippen LogP contribution is 2.29. The van der Waals surface area contributed by atoms with Gasteiger partial charge in [0.1, 0.15) is 0 Å². The smallest absolute Gasteiger partial charge is 0.331 e. The number of amides is 2. The molecular formula is C20H25ClN4O2. The molecule has 3 N–H and O–H groups in total. The average molecular weight is 389 g/mol. The lowest BCUT2D eigenvalue weighted by Gasteiger charge is -2.28. The van der Waals surface area contributed by atoms with Gasteiger partial charge < -0.3 is 10.5 Å². The maximum absolute atomic E-state index is 12.8. The number of rotatable bonds is 7. The Morgan fingerprint density at radius 3 is 2.48 bits per heavy atom. The van der Waals surface area contributed by atoms with Crippen LogP contribution in [0.3, 0.4) is 0 Å². The van der Waals surface area contributed by atoms with Gasteiger partial charge in [-0.3, -0.25) is 15.2 Å². The zero-order valence-electron chi connectivity index (χ0n) is 15.6. The summed E-state index contributed by atoms with van der Waals surface area (Å²) in [5.41, 5.74) is 8.25. The molecule has 0 aromatic heterocycles. The Morgan fingerprint density at radius 1 is 1.15 bits per heavy atom. The van der Waals surface area contributed by atoms with Crippen LogP contribution in [0.1, 0.15) is 11.1 Å². The molecule has 0 fully saturated rings. The van der Waals surface area contributed by atoms with Crippen molar-refractivity contribution in [2.24, 2.45) is 5.73 Å². The van der Waals surface area contributed by atoms with E-state index in [1.54, 1.807) is 13.1 Å². The minimum absolute atomic E-state index is 0.191. The first-order valence-electron chi connectivity index (χ1n) is 8.68. The third-order valence-electron chi connectivity index (χ3n) is 4.17. The van der Waals surface area contributed by atoms with Crippen LogP contribution in [0, 0.1) is 12.3 Å². The summed E-state index contributed by atoms with van der Waals surface area (Å²) in [6, 6.07) is 15.0. The number of carbonyl (C=O) groups excluding carboxylic acids is 1. The molecule has 27 heavy (non-hydrogen) atoms. The van der Waals surface area contributed by atoms with Crippen molar-refractivity contribution >= 4 is 29.3 Å². The Morgan fingerprint density at radius 2 is 1.85 bits per heavy atom. The molecule has 0 unspecified atom stereocenters. The topological polar surface area (TPSA) is 82.7 Å². The summed E-state index contributed by atoms with van der Waals surface area (Å²) in [4.78, 5) is 15.4. The van der Waals surface area contributed by atoms with Crippen molar-refractivity contribution < 1.29 is 9.53 Å². The number of ether oxygens (including phenoxy) is 1. The Labute approximate surface area is 165 Å². The fourth-order valence-corrected chi connectivity index (χ4v) is 3.08. The Bertz CT molecular complexity index is 763. The standard InChI is InChI=1S/C20H25ClN4O2/c1-15-7-6-10-17(21)18(15)24(2)20(26)25(19(22)23)12-14-27-13-11-16-8-4-3-5-9-16/h3-10H,11-14H2,1-2H3,(H3,22,23). The van der Waals surface area contributed by atoms with Crippen LogP contribution < -0.4 is 10.6 Å². The van der Waals surface area contributed by atoms with Gasteiger partial charge in [0.15, 0.2) is 5.96 Å². The number of para-hydroxylation sites is 1. The number of aryl methyl sites for hydroxylation is 1. The number of carbonyl (C=O) groups is 1. The Balaban J connectivity index is 1.92. The molecule has 7 heteroatoms. The van der Waals surface area contributed by atoms with Gasteiger partial charge in [-0.05, 0) is 30.5 Å². The number of anilines is 1. The van der Waals surface area contributed by atoms with Crippen LogP contribution in [-0.2, 0) is 11.2 Å². The zero-order valence-corrected chi connectivity index (χ0v) is 16.4. The number of hydrogen-bond donors (Lipinski definition) is 2. The monoisotopic (exact) mass is 388 g/mol. The number of nitrogens with two attached hydrogens (primary N) is 1. The van der Waals surface area contributed by atoms with E-state index in [1.165, 1.54) is 15.4 Å². The van der Waals surface area contributed by atoms with E-state index in [9.17, 15) is 4.79 Å². The Kier molecular flexibility index (Phi) is 7.64. The number of nitrogens with zero attached hydrogens (tertiary/aromatic N) is 2. The lowest BCUT2D eigenvalue weighted by molar-refractivity contribution is 0.126. The van der Waals surface area contributed by atoms with Crippen LogP contribution in [0.15, 0.2) is 48.5 Å². The number of benzene rings is 2. The van der Waals surface area contributed by atoms with Crippen molar-refractivity contribution in [3.8, 4) is 0 Å². The van der Waals surface area contributed by atoms with Gasteiger partial charge in [0.05, 0.1) is 30.5 Å². The lowest BCUT2D eigenvalue weighted by Crippen LogP contribution is -2.49. The van der Waals surface area contributed by atoms with Crippen LogP contribution in [0.4, 0.5) is 10.5 Å². The highest BCUT2D eigenvalue weighted by molar-refractivity contribution is 6.34. The number of urea groups is 1. The summed E-state index contributed by atoms with van der Waals surface area (Å²) in [7, 11) is 1.61. The minimum Gasteiger partial charge on any atom is -0.379 e. The van der Waals surface area contributed by atoms with Crippen LogP contribution in [0.2, 0.25) is 5.02 Å². The molecule has 144 valence electrons. The number of guanidine groups is 1. The Hall–Kier alpha value is -2.57. The van der Waals surface area contributed by atoms with Crippen molar-refractivity contribution in [1.29, 1.82) is 5.41 Å². The van der Waals surface area contributed by atoms with Crippen LogP contribution in [0.25, 0.3) is 0 Å². The summed E-state index contributed by atoms with van der Waals surface area (Å²) >= 11 is 6.23. The third kappa shape index (κ3) is 5.70. The second-order valence-electron chi connectivity index (χ2n) is 6.13. The highest BCUT2D eigenvalue weighted by atomic mass is 35.5. The van der Waals surface area contributed by atoms with Crippen molar-refractivity contribution in [3.05, 3.63) is 64.7 Å². The zero-order chi connectivity index (χ0) is 19.8. The summed E-state index contributed by atoms with van der Waals surface area (Å²) < 4.78 is 5.61. The van der Waals surface area contributed by atoms with E-state index in [1.807, 2.05) is 49.4 Å². The fourth-order valence-electron chi connectivity index (χ4n) is 2.74. The molecule has 0 radical (unpaired) electrons. The number of nitrogens with one attached hydrogen (secondary N) is 1. The second-order valence-corrected chi connectivity index (χ2v) is 6.54. The summed E-state index contributed by atoms with van der Waals surface area (Å²) in [5, 5.41) is 8.19. The molecule has 6 nitrogen and oxygen atoms in total. The molecule has 0 spiro atoms. The molecule has 0 heterocycles. The highest BCUT2D eigenvalue weighted by Gasteiger charge is 2.23. The molecule has 0 aliphatic rings. The van der Waals surface area contributed by atoms with Gasteiger partial charge in [0.25, 0.3) is 0 Å². The van der Waals surface area contributed by atoms with Crippen LogP contribution in [-0.4, -0.2) is 43.7 Å². The van der Waals surface area contributed by atoms with Crippen molar-refractivity contribution in [3.63, 3.8) is 0 Å². The summed E-state index contributed by atoms with van der Waals surface area (Å²) in [5.74, 6) is -0.330. The molecule has 0 aliphatic heterocycles. The van der Waals surface area contributed by atoms with E-state index in [2.05, 4.69) is 0 Å². The van der Waals surface area contributed by atoms with Gasteiger partial charge in [0, 0.05) is 7.05 Å². The number of halogens is 1. The van der Waals surface area contributed by atoms with E-state index in [-0.39, 0.29) is 19.1 Å². The normalized spacial score (nSPS) is 10.5. The molecule has 2 aromatic rings. The van der Waals surface area contributed by atoms with Crippen molar-refractivity contribution in [2.75, 3.05) is 31.7 Å². The van der Waals surface area contributed by atoms with Gasteiger partial charge in [-0.1, -0.05) is 54.1 Å². The largest absolute Gasteiger partial charge is 0.379 e. The van der Waals surface area contributed by atoms with Crippen molar-refractivity contribution in [2.45, 2.75) is 13.3 Å². The molecule has 0 atom stereocenters. The van der Waals surface area contributed by atoms with E-state index < -0.39 is 6.03 Å². The van der Waals surface area contributed by atoms with Gasteiger partial charge in [0.2, 0.25) is 0 Å². The molecule has 0 saturated carbocycles. The average Bonchev–Trinajstić information content (AvgIpc) is 2.64. The minimum atomic E-state index is -0.426.